The summed E-state index contributed by atoms with van der Waals surface area (Å²) in [6.45, 7) is 1.04. The van der Waals surface area contributed by atoms with Gasteiger partial charge in [0.1, 0.15) is 5.54 Å². The van der Waals surface area contributed by atoms with Gasteiger partial charge in [0.05, 0.1) is 7.85 Å². The molecule has 0 aromatic heterocycles. The molecule has 1 saturated heterocycles. The number of nitrogens with one attached hydrogen (secondary N) is 1. The minimum Gasteiger partial charge on any atom is -0.480 e. The van der Waals surface area contributed by atoms with E-state index in [1.807, 2.05) is 0 Å². The van der Waals surface area contributed by atoms with Crippen LogP contribution in [0.15, 0.2) is 0 Å². The molecular formula is C8H15BN2O2. The molecule has 0 aromatic rings. The topological polar surface area (TPSA) is 75.3 Å². The van der Waals surface area contributed by atoms with Crippen LogP contribution in [0, 0.1) is 5.92 Å². The molecule has 2 atom stereocenters. The third kappa shape index (κ3) is 2.03. The van der Waals surface area contributed by atoms with Crippen molar-refractivity contribution in [3.05, 3.63) is 0 Å². The molecule has 13 heavy (non-hydrogen) atoms. The second-order valence-corrected chi connectivity index (χ2v) is 3.60. The van der Waals surface area contributed by atoms with Gasteiger partial charge in [0.15, 0.2) is 0 Å². The van der Waals surface area contributed by atoms with E-state index in [9.17, 15) is 4.79 Å². The smallest absolute Gasteiger partial charge is 0.325 e. The van der Waals surface area contributed by atoms with Crippen LogP contribution in [-0.2, 0) is 4.79 Å². The van der Waals surface area contributed by atoms with E-state index >= 15 is 0 Å². The fourth-order valence-electron chi connectivity index (χ4n) is 1.75. The Balaban J connectivity index is 2.57. The molecule has 72 valence electrons. The van der Waals surface area contributed by atoms with E-state index < -0.39 is 11.5 Å². The van der Waals surface area contributed by atoms with Crippen LogP contribution in [0.5, 0.6) is 0 Å². The molecular weight excluding hydrogens is 167 g/mol. The summed E-state index contributed by atoms with van der Waals surface area (Å²) in [5.41, 5.74) is 4.70. The maximum Gasteiger partial charge on any atom is 0.325 e. The van der Waals surface area contributed by atoms with Gasteiger partial charge in [-0.2, -0.15) is 0 Å². The van der Waals surface area contributed by atoms with Gasteiger partial charge in [0, 0.05) is 19.0 Å². The first-order valence-corrected chi connectivity index (χ1v) is 4.54. The summed E-state index contributed by atoms with van der Waals surface area (Å²) in [6.07, 6.45) is 2.21. The van der Waals surface area contributed by atoms with E-state index in [1.165, 1.54) is 0 Å². The number of aliphatic carboxylic acids is 1. The average molecular weight is 182 g/mol. The summed E-state index contributed by atoms with van der Waals surface area (Å²) in [5.74, 6) is -0.909. The number of carboxylic acids is 1. The average Bonchev–Trinajstić information content (AvgIpc) is 2.45. The van der Waals surface area contributed by atoms with Crippen LogP contribution in [0.25, 0.3) is 0 Å². The molecule has 4 nitrogen and oxygen atoms in total. The summed E-state index contributed by atoms with van der Waals surface area (Å²) in [7, 11) is 5.36. The van der Waals surface area contributed by atoms with Crippen LogP contribution in [-0.4, -0.2) is 37.6 Å². The third-order valence-corrected chi connectivity index (χ3v) is 2.69. The lowest BCUT2D eigenvalue weighted by Crippen LogP contribution is -2.54. The summed E-state index contributed by atoms with van der Waals surface area (Å²) in [6, 6.07) is 0. The Labute approximate surface area is 79.3 Å². The molecule has 0 spiro atoms. The van der Waals surface area contributed by atoms with Crippen molar-refractivity contribution in [2.24, 2.45) is 11.7 Å². The van der Waals surface area contributed by atoms with Crippen LogP contribution in [0.4, 0.5) is 0 Å². The molecule has 0 amide bonds. The number of hydrogen-bond acceptors (Lipinski definition) is 3. The molecule has 0 aliphatic carbocycles. The molecule has 1 heterocycles. The maximum absolute atomic E-state index is 10.9. The highest BCUT2D eigenvalue weighted by molar-refractivity contribution is 6.08. The molecule has 1 unspecified atom stereocenters. The van der Waals surface area contributed by atoms with Crippen molar-refractivity contribution in [2.75, 3.05) is 13.1 Å². The fourth-order valence-corrected chi connectivity index (χ4v) is 1.75. The third-order valence-electron chi connectivity index (χ3n) is 2.69. The molecule has 2 radical (unpaired) electrons. The van der Waals surface area contributed by atoms with Crippen molar-refractivity contribution in [3.63, 3.8) is 0 Å². The van der Waals surface area contributed by atoms with Gasteiger partial charge in [-0.05, 0) is 6.42 Å². The molecule has 5 heteroatoms. The largest absolute Gasteiger partial charge is 0.480 e. The predicted octanol–water partition coefficient (Wildman–Crippen LogP) is -0.645. The molecule has 1 rings (SSSR count). The first kappa shape index (κ1) is 10.5. The lowest BCUT2D eigenvalue weighted by molar-refractivity contribution is -0.144. The Morgan fingerprint density at radius 2 is 2.46 bits per heavy atom. The predicted molar refractivity (Wildman–Crippen MR) is 50.7 cm³/mol. The fraction of sp³-hybridized carbons (Fsp3) is 0.875. The van der Waals surface area contributed by atoms with Gasteiger partial charge in [0.25, 0.3) is 0 Å². The van der Waals surface area contributed by atoms with Gasteiger partial charge in [-0.25, -0.2) is 0 Å². The number of carbonyl (C=O) groups is 1. The van der Waals surface area contributed by atoms with E-state index in [0.29, 0.717) is 19.4 Å². The summed E-state index contributed by atoms with van der Waals surface area (Å²) in [5, 5.41) is 12.0. The number of rotatable bonds is 4. The van der Waals surface area contributed by atoms with Gasteiger partial charge in [-0.1, -0.05) is 12.7 Å². The molecule has 0 aromatic carbocycles. The molecule has 1 aliphatic heterocycles. The number of nitrogens with two attached hydrogens (primary N) is 1. The zero-order valence-electron chi connectivity index (χ0n) is 7.62. The van der Waals surface area contributed by atoms with Crippen molar-refractivity contribution in [3.8, 4) is 0 Å². The minimum atomic E-state index is -1.09. The zero-order chi connectivity index (χ0) is 9.90. The van der Waals surface area contributed by atoms with Crippen LogP contribution in [0.1, 0.15) is 12.8 Å². The second kappa shape index (κ2) is 4.11. The highest BCUT2D eigenvalue weighted by Crippen LogP contribution is 2.24. The standard InChI is InChI=1S/C8H15BN2O2/c9-3-1-2-6-4-11-5-8(6,10)7(12)13/h6,11H,1-5,10H2,(H,12,13)/t6?,8-/m0/s1. The summed E-state index contributed by atoms with van der Waals surface area (Å²) < 4.78 is 0. The quantitative estimate of drug-likeness (QED) is 0.505. The SMILES string of the molecule is [B]CCCC1CNC[C@@]1(N)C(=O)O. The Morgan fingerprint density at radius 3 is 3.00 bits per heavy atom. The van der Waals surface area contributed by atoms with Gasteiger partial charge in [-0.15, -0.1) is 0 Å². The molecule has 0 bridgehead atoms. The van der Waals surface area contributed by atoms with Crippen molar-refractivity contribution in [1.29, 1.82) is 0 Å². The number of carboxylic acid groups (broad SMARTS) is 1. The monoisotopic (exact) mass is 182 g/mol. The van der Waals surface area contributed by atoms with Crippen molar-refractivity contribution in [2.45, 2.75) is 24.7 Å². The molecule has 0 saturated carbocycles. The highest BCUT2D eigenvalue weighted by atomic mass is 16.4. The minimum absolute atomic E-state index is 0.00792. The molecule has 1 fully saturated rings. The lowest BCUT2D eigenvalue weighted by Gasteiger charge is -2.25. The Kier molecular flexibility index (Phi) is 3.33. The summed E-state index contributed by atoms with van der Waals surface area (Å²) in [4.78, 5) is 10.9. The van der Waals surface area contributed by atoms with Crippen LogP contribution < -0.4 is 11.1 Å². The van der Waals surface area contributed by atoms with E-state index in [4.69, 9.17) is 18.7 Å². The Morgan fingerprint density at radius 1 is 1.77 bits per heavy atom. The van der Waals surface area contributed by atoms with Gasteiger partial charge < -0.3 is 16.2 Å². The van der Waals surface area contributed by atoms with Crippen molar-refractivity contribution < 1.29 is 9.90 Å². The van der Waals surface area contributed by atoms with Crippen LogP contribution in [0.3, 0.4) is 0 Å². The normalized spacial score (nSPS) is 33.5. The Hall–Kier alpha value is -0.545. The van der Waals surface area contributed by atoms with E-state index in [-0.39, 0.29) is 5.92 Å². The van der Waals surface area contributed by atoms with Crippen LogP contribution >= 0.6 is 0 Å². The zero-order valence-corrected chi connectivity index (χ0v) is 7.62. The van der Waals surface area contributed by atoms with E-state index in [1.54, 1.807) is 0 Å². The molecule has 1 aliphatic rings. The van der Waals surface area contributed by atoms with Gasteiger partial charge in [0.2, 0.25) is 0 Å². The highest BCUT2D eigenvalue weighted by Gasteiger charge is 2.45. The summed E-state index contributed by atoms with van der Waals surface area (Å²) >= 11 is 0. The van der Waals surface area contributed by atoms with Crippen molar-refractivity contribution in [1.82, 2.24) is 5.32 Å². The Bertz CT molecular complexity index is 201. The first-order chi connectivity index (χ1) is 6.11. The van der Waals surface area contributed by atoms with Gasteiger partial charge >= 0.3 is 5.97 Å². The van der Waals surface area contributed by atoms with Crippen LogP contribution in [0.2, 0.25) is 6.32 Å². The van der Waals surface area contributed by atoms with E-state index in [0.717, 1.165) is 12.8 Å². The van der Waals surface area contributed by atoms with Gasteiger partial charge in [-0.3, -0.25) is 4.79 Å². The maximum atomic E-state index is 10.9. The molecule has 4 N–H and O–H groups in total. The second-order valence-electron chi connectivity index (χ2n) is 3.60. The van der Waals surface area contributed by atoms with E-state index in [2.05, 4.69) is 5.32 Å². The number of hydrogen-bond donors (Lipinski definition) is 3. The van der Waals surface area contributed by atoms with Crippen molar-refractivity contribution >= 4 is 13.8 Å². The lowest BCUT2D eigenvalue weighted by atomic mass is 9.83. The first-order valence-electron chi connectivity index (χ1n) is 4.54.